The number of unbranched alkanes of at least 4 members (excludes halogenated alkanes) is 1. The maximum absolute atomic E-state index is 11.9. The molecular weight excluding hydrogens is 502 g/mol. The van der Waals surface area contributed by atoms with Crippen molar-refractivity contribution >= 4 is 31.6 Å². The summed E-state index contributed by atoms with van der Waals surface area (Å²) in [6, 6.07) is 16.2. The highest BCUT2D eigenvalue weighted by Gasteiger charge is 2.37. The Morgan fingerprint density at radius 1 is 1.14 bits per heavy atom. The first-order valence-electron chi connectivity index (χ1n) is 12.9. The third kappa shape index (κ3) is 7.46. The van der Waals surface area contributed by atoms with E-state index < -0.39 is 20.3 Å². The highest BCUT2D eigenvalue weighted by Crippen LogP contribution is 2.37. The molecule has 1 unspecified atom stereocenters. The highest BCUT2D eigenvalue weighted by atomic mass is 35.5. The summed E-state index contributed by atoms with van der Waals surface area (Å²) >= 11 is 6.65. The molecule has 0 saturated carbocycles. The van der Waals surface area contributed by atoms with E-state index in [1.165, 1.54) is 0 Å². The van der Waals surface area contributed by atoms with Gasteiger partial charge in [0.05, 0.1) is 12.3 Å². The molecule has 37 heavy (non-hydrogen) atoms. The van der Waals surface area contributed by atoms with Gasteiger partial charge in [-0.05, 0) is 47.8 Å². The number of rotatable bonds is 12. The van der Waals surface area contributed by atoms with Gasteiger partial charge in [-0.15, -0.1) is 0 Å². The van der Waals surface area contributed by atoms with Crippen LogP contribution in [0.1, 0.15) is 69.2 Å². The number of aryl methyl sites for hydroxylation is 1. The van der Waals surface area contributed by atoms with Gasteiger partial charge in [0.2, 0.25) is 0 Å². The van der Waals surface area contributed by atoms with Crippen LogP contribution in [0.5, 0.6) is 0 Å². The minimum atomic E-state index is -1.96. The number of nitrogens with zero attached hydrogens (tertiary/aromatic N) is 2. The Morgan fingerprint density at radius 3 is 2.35 bits per heavy atom. The van der Waals surface area contributed by atoms with E-state index in [-0.39, 0.29) is 5.04 Å². The Labute approximate surface area is 227 Å². The molecule has 0 amide bonds. The van der Waals surface area contributed by atoms with E-state index in [0.717, 1.165) is 42.0 Å². The van der Waals surface area contributed by atoms with Crippen molar-refractivity contribution in [3.05, 3.63) is 82.4 Å². The average Bonchev–Trinajstić information content (AvgIpc) is 3.14. The fourth-order valence-electron chi connectivity index (χ4n) is 3.81. The molecule has 2 aromatic carbocycles. The van der Waals surface area contributed by atoms with Gasteiger partial charge >= 0.3 is 5.97 Å². The van der Waals surface area contributed by atoms with Gasteiger partial charge in [-0.2, -0.15) is 0 Å². The van der Waals surface area contributed by atoms with Crippen molar-refractivity contribution in [3.8, 4) is 0 Å². The number of hydrogen-bond acceptors (Lipinski definition) is 4. The van der Waals surface area contributed by atoms with Crippen LogP contribution in [0.3, 0.4) is 0 Å². The minimum absolute atomic E-state index is 0.103. The van der Waals surface area contributed by atoms with Gasteiger partial charge in [-0.1, -0.05) is 88.2 Å². The lowest BCUT2D eigenvalue weighted by Gasteiger charge is -2.36. The van der Waals surface area contributed by atoms with Crippen LogP contribution in [-0.4, -0.2) is 28.9 Å². The van der Waals surface area contributed by atoms with Crippen molar-refractivity contribution in [2.24, 2.45) is 0 Å². The molecule has 0 bridgehead atoms. The molecule has 3 rings (SSSR count). The Hall–Kier alpha value is -2.61. The average molecular weight is 542 g/mol. The van der Waals surface area contributed by atoms with Gasteiger partial charge in [-0.25, -0.2) is 9.78 Å². The van der Waals surface area contributed by atoms with Crippen molar-refractivity contribution in [2.45, 2.75) is 84.3 Å². The van der Waals surface area contributed by atoms with Crippen molar-refractivity contribution in [1.82, 2.24) is 9.55 Å². The molecule has 0 aliphatic rings. The Morgan fingerprint density at radius 2 is 1.78 bits per heavy atom. The Bertz CT molecular complexity index is 1170. The fraction of sp³-hybridized carbons (Fsp3) is 0.448. The maximum Gasteiger partial charge on any atom is 0.330 e. The number of aliphatic carboxylic acids is 1. The van der Waals surface area contributed by atoms with Gasteiger partial charge in [-0.3, -0.25) is 0 Å². The van der Waals surface area contributed by atoms with Crippen molar-refractivity contribution < 1.29 is 14.3 Å². The SMILES string of the molecule is CCCCc1nc(Cl)c(CO[Si](C)(C)C(C)(C)C)n1Cc1ccc(NC(C(=O)O)c2ccccc2)cc1. The van der Waals surface area contributed by atoms with Crippen LogP contribution in [0, 0.1) is 0 Å². The summed E-state index contributed by atoms with van der Waals surface area (Å²) in [7, 11) is -1.96. The number of anilines is 1. The van der Waals surface area contributed by atoms with E-state index in [4.69, 9.17) is 21.0 Å². The third-order valence-corrected chi connectivity index (χ3v) is 12.0. The molecule has 1 aromatic heterocycles. The quantitative estimate of drug-likeness (QED) is 0.230. The van der Waals surface area contributed by atoms with E-state index >= 15 is 0 Å². The number of carboxylic acids is 1. The summed E-state index contributed by atoms with van der Waals surface area (Å²) in [5, 5.41) is 13.5. The third-order valence-electron chi connectivity index (χ3n) is 7.22. The largest absolute Gasteiger partial charge is 0.479 e. The predicted octanol–water partition coefficient (Wildman–Crippen LogP) is 7.69. The molecular formula is C29H40ClN3O3Si. The van der Waals surface area contributed by atoms with E-state index in [0.29, 0.717) is 23.9 Å². The first-order chi connectivity index (χ1) is 17.4. The number of aromatic nitrogens is 2. The molecule has 200 valence electrons. The smallest absolute Gasteiger partial charge is 0.330 e. The van der Waals surface area contributed by atoms with Crippen LogP contribution >= 0.6 is 11.6 Å². The molecule has 6 nitrogen and oxygen atoms in total. The first kappa shape index (κ1) is 29.0. The topological polar surface area (TPSA) is 76.4 Å². The summed E-state index contributed by atoms with van der Waals surface area (Å²) in [6.45, 7) is 14.4. The summed E-state index contributed by atoms with van der Waals surface area (Å²) in [6.07, 6.45) is 2.97. The Kier molecular flexibility index (Phi) is 9.61. The monoisotopic (exact) mass is 541 g/mol. The van der Waals surface area contributed by atoms with Crippen LogP contribution in [-0.2, 0) is 28.8 Å². The number of halogens is 1. The zero-order valence-corrected chi connectivity index (χ0v) is 24.6. The molecule has 0 aliphatic heterocycles. The number of hydrogen-bond donors (Lipinski definition) is 2. The van der Waals surface area contributed by atoms with E-state index in [1.807, 2.05) is 54.6 Å². The molecule has 0 fully saturated rings. The van der Waals surface area contributed by atoms with Crippen LogP contribution in [0.4, 0.5) is 5.69 Å². The molecule has 0 saturated heterocycles. The number of nitrogens with one attached hydrogen (secondary N) is 1. The lowest BCUT2D eigenvalue weighted by atomic mass is 10.1. The molecule has 8 heteroatoms. The second-order valence-corrected chi connectivity index (χ2v) is 16.2. The van der Waals surface area contributed by atoms with Gasteiger partial charge in [0.15, 0.2) is 19.5 Å². The van der Waals surface area contributed by atoms with E-state index in [9.17, 15) is 9.90 Å². The van der Waals surface area contributed by atoms with Crippen molar-refractivity contribution in [3.63, 3.8) is 0 Å². The molecule has 1 heterocycles. The molecule has 2 N–H and O–H groups in total. The zero-order chi connectivity index (χ0) is 27.2. The standard InChI is InChI=1S/C29H40ClN3O3Si/c1-7-8-14-25-32-27(30)24(20-36-37(5,6)29(2,3)4)33(25)19-21-15-17-23(18-16-21)31-26(28(34)35)22-12-10-9-11-13-22/h9-13,15-18,26,31H,7-8,14,19-20H2,1-6H3,(H,34,35). The summed E-state index contributed by atoms with van der Waals surface area (Å²) in [5.41, 5.74) is 3.45. The van der Waals surface area contributed by atoms with Crippen LogP contribution in [0.15, 0.2) is 54.6 Å². The minimum Gasteiger partial charge on any atom is -0.479 e. The van der Waals surface area contributed by atoms with E-state index in [1.54, 1.807) is 0 Å². The van der Waals surface area contributed by atoms with Crippen LogP contribution in [0.25, 0.3) is 0 Å². The maximum atomic E-state index is 11.9. The first-order valence-corrected chi connectivity index (χ1v) is 16.2. The van der Waals surface area contributed by atoms with Gasteiger partial charge in [0, 0.05) is 18.7 Å². The number of carboxylic acid groups (broad SMARTS) is 1. The van der Waals surface area contributed by atoms with Gasteiger partial charge in [0.25, 0.3) is 0 Å². The second kappa shape index (κ2) is 12.3. The number of imidazole rings is 1. The molecule has 1 atom stereocenters. The lowest BCUT2D eigenvalue weighted by Crippen LogP contribution is -2.40. The molecule has 0 radical (unpaired) electrons. The second-order valence-electron chi connectivity index (χ2n) is 11.0. The summed E-state index contributed by atoms with van der Waals surface area (Å²) in [4.78, 5) is 16.6. The zero-order valence-electron chi connectivity index (χ0n) is 22.8. The number of benzene rings is 2. The van der Waals surface area contributed by atoms with Crippen molar-refractivity contribution in [1.29, 1.82) is 0 Å². The molecule has 0 aliphatic carbocycles. The lowest BCUT2D eigenvalue weighted by molar-refractivity contribution is -0.138. The predicted molar refractivity (Wildman–Crippen MR) is 154 cm³/mol. The highest BCUT2D eigenvalue weighted by molar-refractivity contribution is 6.74. The van der Waals surface area contributed by atoms with Crippen LogP contribution in [0.2, 0.25) is 23.3 Å². The summed E-state index contributed by atoms with van der Waals surface area (Å²) < 4.78 is 8.70. The normalized spacial score (nSPS) is 12.9. The fourth-order valence-corrected chi connectivity index (χ4v) is 4.99. The van der Waals surface area contributed by atoms with Gasteiger partial charge < -0.3 is 19.4 Å². The van der Waals surface area contributed by atoms with Crippen LogP contribution < -0.4 is 5.32 Å². The van der Waals surface area contributed by atoms with E-state index in [2.05, 4.69) is 50.7 Å². The van der Waals surface area contributed by atoms with Gasteiger partial charge in [0.1, 0.15) is 5.82 Å². The summed E-state index contributed by atoms with van der Waals surface area (Å²) in [5.74, 6) is 0.0492. The Balaban J connectivity index is 1.82. The molecule has 3 aromatic rings. The number of carbonyl (C=O) groups is 1. The molecule has 0 spiro atoms. The van der Waals surface area contributed by atoms with Crippen molar-refractivity contribution in [2.75, 3.05) is 5.32 Å².